The van der Waals surface area contributed by atoms with Crippen LogP contribution in [0.1, 0.15) is 28.8 Å². The van der Waals surface area contributed by atoms with Gasteiger partial charge < -0.3 is 4.90 Å². The molecule has 0 aliphatic heterocycles. The molecule has 3 rings (SSSR count). The van der Waals surface area contributed by atoms with E-state index in [-0.39, 0.29) is 24.5 Å². The molecular formula is C21H19N3O2. The summed E-state index contributed by atoms with van der Waals surface area (Å²) in [6.07, 6.45) is 6.88. The summed E-state index contributed by atoms with van der Waals surface area (Å²) >= 11 is 0. The highest BCUT2D eigenvalue weighted by Crippen LogP contribution is 2.19. The molecule has 5 nitrogen and oxygen atoms in total. The number of pyridine rings is 2. The zero-order chi connectivity index (χ0) is 18.2. The van der Waals surface area contributed by atoms with Crippen molar-refractivity contribution in [2.24, 2.45) is 0 Å². The number of hydrogen-bond acceptors (Lipinski definition) is 4. The Kier molecular flexibility index (Phi) is 5.83. The number of nitrogens with zero attached hydrogens (tertiary/aromatic N) is 3. The van der Waals surface area contributed by atoms with Gasteiger partial charge in [0.2, 0.25) is 5.91 Å². The first-order chi connectivity index (χ1) is 12.7. The third kappa shape index (κ3) is 4.60. The van der Waals surface area contributed by atoms with Crippen LogP contribution in [0.3, 0.4) is 0 Å². The molecule has 0 aliphatic rings. The first-order valence-corrected chi connectivity index (χ1v) is 8.41. The summed E-state index contributed by atoms with van der Waals surface area (Å²) in [5.41, 5.74) is 2.26. The molecule has 0 radical (unpaired) electrons. The lowest BCUT2D eigenvalue weighted by Crippen LogP contribution is -2.30. The van der Waals surface area contributed by atoms with Gasteiger partial charge in [-0.25, -0.2) is 0 Å². The van der Waals surface area contributed by atoms with Crippen molar-refractivity contribution in [1.82, 2.24) is 9.97 Å². The van der Waals surface area contributed by atoms with Gasteiger partial charge in [-0.05, 0) is 35.9 Å². The first-order valence-electron chi connectivity index (χ1n) is 8.41. The minimum Gasteiger partial charge on any atom is -0.308 e. The molecule has 0 spiro atoms. The Balaban J connectivity index is 1.72. The Bertz CT molecular complexity index is 852. The van der Waals surface area contributed by atoms with Gasteiger partial charge in [0.1, 0.15) is 0 Å². The van der Waals surface area contributed by atoms with Crippen LogP contribution in [-0.2, 0) is 11.3 Å². The van der Waals surface area contributed by atoms with Gasteiger partial charge in [-0.2, -0.15) is 0 Å². The average molecular weight is 345 g/mol. The molecule has 3 aromatic rings. The number of amides is 1. The molecular weight excluding hydrogens is 326 g/mol. The summed E-state index contributed by atoms with van der Waals surface area (Å²) in [5.74, 6) is -0.182. The van der Waals surface area contributed by atoms with E-state index < -0.39 is 0 Å². The van der Waals surface area contributed by atoms with Crippen LogP contribution in [0.2, 0.25) is 0 Å². The third-order valence-corrected chi connectivity index (χ3v) is 3.98. The van der Waals surface area contributed by atoms with Gasteiger partial charge in [-0.3, -0.25) is 19.6 Å². The first kappa shape index (κ1) is 17.5. The lowest BCUT2D eigenvalue weighted by atomic mass is 10.1. The fourth-order valence-electron chi connectivity index (χ4n) is 2.63. The summed E-state index contributed by atoms with van der Waals surface area (Å²) in [6.45, 7) is 0.414. The fourth-order valence-corrected chi connectivity index (χ4v) is 2.63. The molecule has 1 aromatic carbocycles. The van der Waals surface area contributed by atoms with Crippen molar-refractivity contribution in [1.29, 1.82) is 0 Å². The maximum absolute atomic E-state index is 12.8. The van der Waals surface area contributed by atoms with Crippen LogP contribution in [0.15, 0.2) is 79.4 Å². The molecule has 0 saturated carbocycles. The summed E-state index contributed by atoms with van der Waals surface area (Å²) in [6, 6.07) is 16.7. The van der Waals surface area contributed by atoms with Crippen molar-refractivity contribution >= 4 is 17.4 Å². The second-order valence-corrected chi connectivity index (χ2v) is 5.84. The van der Waals surface area contributed by atoms with Crippen molar-refractivity contribution < 1.29 is 9.59 Å². The van der Waals surface area contributed by atoms with Crippen molar-refractivity contribution in [2.45, 2.75) is 19.4 Å². The molecule has 130 valence electrons. The number of aromatic nitrogens is 2. The molecule has 0 saturated heterocycles. The molecule has 0 aliphatic carbocycles. The molecule has 26 heavy (non-hydrogen) atoms. The van der Waals surface area contributed by atoms with Gasteiger partial charge in [0.15, 0.2) is 5.78 Å². The number of carbonyl (C=O) groups is 2. The lowest BCUT2D eigenvalue weighted by molar-refractivity contribution is -0.118. The van der Waals surface area contributed by atoms with E-state index in [4.69, 9.17) is 0 Å². The Morgan fingerprint density at radius 1 is 0.808 bits per heavy atom. The van der Waals surface area contributed by atoms with Crippen molar-refractivity contribution in [3.63, 3.8) is 0 Å². The van der Waals surface area contributed by atoms with Crippen molar-refractivity contribution in [2.75, 3.05) is 4.90 Å². The van der Waals surface area contributed by atoms with Gasteiger partial charge in [0.25, 0.3) is 0 Å². The lowest BCUT2D eigenvalue weighted by Gasteiger charge is -2.23. The predicted molar refractivity (Wildman–Crippen MR) is 99.7 cm³/mol. The molecule has 0 atom stereocenters. The second-order valence-electron chi connectivity index (χ2n) is 5.84. The number of ketones is 1. The summed E-state index contributed by atoms with van der Waals surface area (Å²) in [4.78, 5) is 34.8. The number of rotatable bonds is 7. The van der Waals surface area contributed by atoms with Crippen LogP contribution in [0.4, 0.5) is 5.69 Å². The van der Waals surface area contributed by atoms with Crippen LogP contribution in [0.5, 0.6) is 0 Å². The van der Waals surface area contributed by atoms with Crippen LogP contribution in [0.25, 0.3) is 0 Å². The normalized spacial score (nSPS) is 10.3. The average Bonchev–Trinajstić information content (AvgIpc) is 2.72. The highest BCUT2D eigenvalue weighted by Gasteiger charge is 2.18. The SMILES string of the molecule is O=C(CCC(=O)N(Cc1cccnc1)c1ccccc1)c1cccnc1. The zero-order valence-corrected chi connectivity index (χ0v) is 14.3. The Labute approximate surface area is 152 Å². The minimum absolute atomic E-state index is 0.0826. The molecule has 0 N–H and O–H groups in total. The Morgan fingerprint density at radius 3 is 2.19 bits per heavy atom. The molecule has 5 heteroatoms. The number of Topliss-reactive ketones (excluding diaryl/α,β-unsaturated/α-hetero) is 1. The van der Waals surface area contributed by atoms with Gasteiger partial charge in [-0.1, -0.05) is 24.3 Å². The number of benzene rings is 1. The van der Waals surface area contributed by atoms with Crippen LogP contribution < -0.4 is 4.90 Å². The molecule has 2 heterocycles. The zero-order valence-electron chi connectivity index (χ0n) is 14.3. The number of anilines is 1. The van der Waals surface area contributed by atoms with Crippen molar-refractivity contribution in [3.8, 4) is 0 Å². The van der Waals surface area contributed by atoms with Gasteiger partial charge >= 0.3 is 0 Å². The third-order valence-electron chi connectivity index (χ3n) is 3.98. The van der Waals surface area contributed by atoms with Crippen LogP contribution in [0, 0.1) is 0 Å². The maximum atomic E-state index is 12.8. The van der Waals surface area contributed by atoms with Crippen LogP contribution >= 0.6 is 0 Å². The molecule has 2 aromatic heterocycles. The molecule has 0 unspecified atom stereocenters. The van der Waals surface area contributed by atoms with E-state index in [1.807, 2.05) is 42.5 Å². The summed E-state index contributed by atoms with van der Waals surface area (Å²) in [7, 11) is 0. The molecule has 0 fully saturated rings. The number of hydrogen-bond donors (Lipinski definition) is 0. The number of carbonyl (C=O) groups excluding carboxylic acids is 2. The van der Waals surface area contributed by atoms with E-state index in [1.165, 1.54) is 6.20 Å². The Hall–Kier alpha value is -3.34. The Morgan fingerprint density at radius 2 is 1.54 bits per heavy atom. The van der Waals surface area contributed by atoms with E-state index in [1.54, 1.807) is 35.6 Å². The standard InChI is InChI=1S/C21H19N3O2/c25-20(18-7-5-13-23-15-18)10-11-21(26)24(19-8-2-1-3-9-19)16-17-6-4-12-22-14-17/h1-9,12-15H,10-11,16H2. The van der Waals surface area contributed by atoms with Crippen LogP contribution in [-0.4, -0.2) is 21.7 Å². The quantitative estimate of drug-likeness (QED) is 0.613. The van der Waals surface area contributed by atoms with E-state index in [9.17, 15) is 9.59 Å². The summed E-state index contributed by atoms with van der Waals surface area (Å²) < 4.78 is 0. The van der Waals surface area contributed by atoms with Gasteiger partial charge in [0, 0.05) is 48.9 Å². The minimum atomic E-state index is -0.0997. The molecule has 1 amide bonds. The van der Waals surface area contributed by atoms with E-state index >= 15 is 0 Å². The van der Waals surface area contributed by atoms with Crippen molar-refractivity contribution in [3.05, 3.63) is 90.5 Å². The topological polar surface area (TPSA) is 63.2 Å². The predicted octanol–water partition coefficient (Wildman–Crippen LogP) is 3.67. The van der Waals surface area contributed by atoms with E-state index in [2.05, 4.69) is 9.97 Å². The maximum Gasteiger partial charge on any atom is 0.227 e. The van der Waals surface area contributed by atoms with E-state index in [0.717, 1.165) is 11.3 Å². The fraction of sp³-hybridized carbons (Fsp3) is 0.143. The smallest absolute Gasteiger partial charge is 0.227 e. The largest absolute Gasteiger partial charge is 0.308 e. The van der Waals surface area contributed by atoms with Gasteiger partial charge in [-0.15, -0.1) is 0 Å². The highest BCUT2D eigenvalue weighted by atomic mass is 16.2. The summed E-state index contributed by atoms with van der Waals surface area (Å²) in [5, 5.41) is 0. The monoisotopic (exact) mass is 345 g/mol. The molecule has 0 bridgehead atoms. The second kappa shape index (κ2) is 8.67. The van der Waals surface area contributed by atoms with E-state index in [0.29, 0.717) is 12.1 Å². The highest BCUT2D eigenvalue weighted by molar-refractivity contribution is 6.00. The van der Waals surface area contributed by atoms with Gasteiger partial charge in [0.05, 0.1) is 6.54 Å². The number of para-hydroxylation sites is 1.